The zero-order valence-electron chi connectivity index (χ0n) is 11.6. The molecule has 0 amide bonds. The van der Waals surface area contributed by atoms with E-state index in [-0.39, 0.29) is 29.4 Å². The summed E-state index contributed by atoms with van der Waals surface area (Å²) in [6.07, 6.45) is 5.07. The van der Waals surface area contributed by atoms with Gasteiger partial charge in [0.25, 0.3) is 0 Å². The Hall–Kier alpha value is -2.49. The van der Waals surface area contributed by atoms with Crippen molar-refractivity contribution in [3.05, 3.63) is 53.1 Å². The minimum absolute atomic E-state index is 0.0491. The summed E-state index contributed by atoms with van der Waals surface area (Å²) in [6.45, 7) is 1.48. The zero-order valence-corrected chi connectivity index (χ0v) is 11.6. The molecule has 0 saturated carbocycles. The Morgan fingerprint density at radius 1 is 1.10 bits per heavy atom. The van der Waals surface area contributed by atoms with Crippen molar-refractivity contribution in [3.63, 3.8) is 0 Å². The molecule has 2 aliphatic rings. The Morgan fingerprint density at radius 2 is 1.67 bits per heavy atom. The van der Waals surface area contributed by atoms with E-state index in [9.17, 15) is 15.0 Å². The molecule has 0 aliphatic heterocycles. The van der Waals surface area contributed by atoms with Crippen LogP contribution in [0.25, 0.3) is 5.69 Å². The molecule has 0 saturated heterocycles. The first-order valence-corrected chi connectivity index (χ1v) is 7.04. The number of para-hydroxylation sites is 1. The zero-order chi connectivity index (χ0) is 14.7. The Bertz CT molecular complexity index is 765. The summed E-state index contributed by atoms with van der Waals surface area (Å²) in [5.74, 6) is 0.337. The van der Waals surface area contributed by atoms with Crippen LogP contribution in [0, 0.1) is 0 Å². The first kappa shape index (κ1) is 12.3. The molecular formula is C17H15NO3. The molecule has 1 aromatic carbocycles. The van der Waals surface area contributed by atoms with Crippen LogP contribution in [0.5, 0.6) is 11.8 Å². The smallest absolute Gasteiger partial charge is 0.202 e. The van der Waals surface area contributed by atoms with Gasteiger partial charge in [0.15, 0.2) is 5.78 Å². The van der Waals surface area contributed by atoms with Gasteiger partial charge in [0.2, 0.25) is 11.8 Å². The van der Waals surface area contributed by atoms with Gasteiger partial charge in [-0.3, -0.25) is 9.36 Å². The van der Waals surface area contributed by atoms with Gasteiger partial charge in [-0.25, -0.2) is 0 Å². The minimum Gasteiger partial charge on any atom is -0.494 e. The SMILES string of the molecule is CC(=O)c1ccccc1-n1c(O)c2c(c1O)C1C=CC2C1. The Kier molecular flexibility index (Phi) is 2.34. The summed E-state index contributed by atoms with van der Waals surface area (Å²) in [6, 6.07) is 7.00. The molecule has 2 bridgehead atoms. The highest BCUT2D eigenvalue weighted by Crippen LogP contribution is 2.57. The minimum atomic E-state index is -0.0978. The first-order chi connectivity index (χ1) is 10.1. The van der Waals surface area contributed by atoms with Crippen molar-refractivity contribution in [2.45, 2.75) is 25.2 Å². The first-order valence-electron chi connectivity index (χ1n) is 7.04. The highest BCUT2D eigenvalue weighted by Gasteiger charge is 2.41. The van der Waals surface area contributed by atoms with Crippen molar-refractivity contribution < 1.29 is 15.0 Å². The number of allylic oxidation sites excluding steroid dienone is 2. The van der Waals surface area contributed by atoms with Crippen LogP contribution in [0.2, 0.25) is 0 Å². The number of hydrogen-bond acceptors (Lipinski definition) is 3. The lowest BCUT2D eigenvalue weighted by Crippen LogP contribution is -2.03. The second-order valence-corrected chi connectivity index (χ2v) is 5.72. The number of nitrogens with zero attached hydrogens (tertiary/aromatic N) is 1. The van der Waals surface area contributed by atoms with Crippen LogP contribution >= 0.6 is 0 Å². The predicted molar refractivity (Wildman–Crippen MR) is 78.3 cm³/mol. The molecule has 4 rings (SSSR count). The number of Topliss-reactive ketones (excluding diaryl/α,β-unsaturated/α-hetero) is 1. The normalized spacial score (nSPS) is 21.8. The van der Waals surface area contributed by atoms with Crippen molar-refractivity contribution in [2.24, 2.45) is 0 Å². The highest BCUT2D eigenvalue weighted by molar-refractivity contribution is 5.98. The number of aromatic hydroxyl groups is 2. The lowest BCUT2D eigenvalue weighted by Gasteiger charge is -2.12. The maximum absolute atomic E-state index is 11.8. The molecule has 2 atom stereocenters. The summed E-state index contributed by atoms with van der Waals surface area (Å²) in [7, 11) is 0. The molecule has 4 heteroatoms. The lowest BCUT2D eigenvalue weighted by molar-refractivity contribution is 0.101. The summed E-state index contributed by atoms with van der Waals surface area (Å²) >= 11 is 0. The summed E-state index contributed by atoms with van der Waals surface area (Å²) < 4.78 is 1.40. The summed E-state index contributed by atoms with van der Waals surface area (Å²) in [5.41, 5.74) is 2.61. The van der Waals surface area contributed by atoms with Crippen molar-refractivity contribution in [1.82, 2.24) is 4.57 Å². The Morgan fingerprint density at radius 3 is 2.24 bits per heavy atom. The van der Waals surface area contributed by atoms with E-state index < -0.39 is 0 Å². The van der Waals surface area contributed by atoms with Crippen LogP contribution in [0.3, 0.4) is 0 Å². The second kappa shape index (κ2) is 4.01. The molecule has 2 aliphatic carbocycles. The van der Waals surface area contributed by atoms with Gasteiger partial charge in [0.1, 0.15) is 0 Å². The van der Waals surface area contributed by atoms with E-state index in [0.717, 1.165) is 17.5 Å². The fraction of sp³-hybridized carbons (Fsp3) is 0.235. The molecule has 1 heterocycles. The van der Waals surface area contributed by atoms with Gasteiger partial charge < -0.3 is 10.2 Å². The molecule has 0 spiro atoms. The lowest BCUT2D eigenvalue weighted by atomic mass is 10.0. The summed E-state index contributed by atoms with van der Waals surface area (Å²) in [4.78, 5) is 11.8. The van der Waals surface area contributed by atoms with Gasteiger partial charge in [0, 0.05) is 28.5 Å². The molecule has 2 aromatic rings. The molecule has 0 radical (unpaired) electrons. The van der Waals surface area contributed by atoms with E-state index in [4.69, 9.17) is 0 Å². The average molecular weight is 281 g/mol. The molecule has 0 fully saturated rings. The molecule has 4 nitrogen and oxygen atoms in total. The van der Waals surface area contributed by atoms with Crippen LogP contribution in [0.4, 0.5) is 0 Å². The Balaban J connectivity index is 1.99. The van der Waals surface area contributed by atoms with E-state index in [2.05, 4.69) is 12.2 Å². The van der Waals surface area contributed by atoms with Gasteiger partial charge in [-0.15, -0.1) is 0 Å². The van der Waals surface area contributed by atoms with Crippen molar-refractivity contribution in [2.75, 3.05) is 0 Å². The summed E-state index contributed by atoms with van der Waals surface area (Å²) in [5, 5.41) is 21.1. The van der Waals surface area contributed by atoms with E-state index in [1.807, 2.05) is 0 Å². The molecule has 106 valence electrons. The molecule has 2 N–H and O–H groups in total. The fourth-order valence-electron chi connectivity index (χ4n) is 3.63. The molecule has 21 heavy (non-hydrogen) atoms. The molecule has 2 unspecified atom stereocenters. The van der Waals surface area contributed by atoms with E-state index in [0.29, 0.717) is 11.3 Å². The van der Waals surface area contributed by atoms with Crippen LogP contribution in [0.1, 0.15) is 46.7 Å². The van der Waals surface area contributed by atoms with Crippen molar-refractivity contribution >= 4 is 5.78 Å². The van der Waals surface area contributed by atoms with Gasteiger partial charge in [-0.05, 0) is 25.5 Å². The molecular weight excluding hydrogens is 266 g/mol. The number of benzene rings is 1. The van der Waals surface area contributed by atoms with Crippen LogP contribution in [0.15, 0.2) is 36.4 Å². The van der Waals surface area contributed by atoms with Gasteiger partial charge >= 0.3 is 0 Å². The third-order valence-corrected chi connectivity index (χ3v) is 4.55. The standard InChI is InChI=1S/C17H15NO3/c1-9(19)12-4-2-3-5-13(12)18-16(20)14-10-6-7-11(8-10)15(14)17(18)21/h2-7,10-11,20-21H,8H2,1H3. The maximum Gasteiger partial charge on any atom is 0.202 e. The monoisotopic (exact) mass is 281 g/mol. The maximum atomic E-state index is 11.8. The van der Waals surface area contributed by atoms with E-state index in [1.54, 1.807) is 24.3 Å². The third kappa shape index (κ3) is 1.47. The predicted octanol–water partition coefficient (Wildman–Crippen LogP) is 3.23. The fourth-order valence-corrected chi connectivity index (χ4v) is 3.63. The van der Waals surface area contributed by atoms with E-state index in [1.165, 1.54) is 11.5 Å². The second-order valence-electron chi connectivity index (χ2n) is 5.72. The number of rotatable bonds is 2. The highest BCUT2D eigenvalue weighted by atomic mass is 16.3. The number of ketones is 1. The van der Waals surface area contributed by atoms with Crippen molar-refractivity contribution in [3.8, 4) is 17.4 Å². The molecule has 1 aromatic heterocycles. The topological polar surface area (TPSA) is 62.5 Å². The van der Waals surface area contributed by atoms with Crippen LogP contribution in [-0.2, 0) is 0 Å². The Labute approximate surface area is 122 Å². The number of fused-ring (bicyclic) bond motifs is 5. The van der Waals surface area contributed by atoms with Crippen LogP contribution in [-0.4, -0.2) is 20.6 Å². The number of hydrogen-bond donors (Lipinski definition) is 2. The average Bonchev–Trinajstić information content (AvgIpc) is 3.13. The van der Waals surface area contributed by atoms with Crippen molar-refractivity contribution in [1.29, 1.82) is 0 Å². The van der Waals surface area contributed by atoms with Gasteiger partial charge in [0.05, 0.1) is 5.69 Å². The number of carbonyl (C=O) groups is 1. The largest absolute Gasteiger partial charge is 0.494 e. The van der Waals surface area contributed by atoms with E-state index >= 15 is 0 Å². The third-order valence-electron chi connectivity index (χ3n) is 4.55. The van der Waals surface area contributed by atoms with Gasteiger partial charge in [-0.2, -0.15) is 0 Å². The quantitative estimate of drug-likeness (QED) is 0.656. The van der Waals surface area contributed by atoms with Gasteiger partial charge in [-0.1, -0.05) is 24.3 Å². The van der Waals surface area contributed by atoms with Crippen LogP contribution < -0.4 is 0 Å². The number of aromatic nitrogens is 1. The number of carbonyl (C=O) groups excluding carboxylic acids is 1.